The van der Waals surface area contributed by atoms with Crippen LogP contribution in [0.15, 0.2) is 77.7 Å². The van der Waals surface area contributed by atoms with Gasteiger partial charge in [-0.25, -0.2) is 9.97 Å². The number of hydrogen-bond acceptors (Lipinski definition) is 4. The van der Waals surface area contributed by atoms with Crippen LogP contribution in [0.3, 0.4) is 0 Å². The fourth-order valence-electron chi connectivity index (χ4n) is 3.25. The average molecular weight is 370 g/mol. The third kappa shape index (κ3) is 3.64. The van der Waals surface area contributed by atoms with Gasteiger partial charge in [0.1, 0.15) is 5.69 Å². The number of nitrogens with zero attached hydrogens (tertiary/aromatic N) is 4. The first-order valence-corrected chi connectivity index (χ1v) is 9.27. The first-order chi connectivity index (χ1) is 13.6. The standard InChI is InChI=1S/C23H22N4O/c1-26(2)23-24-20-13-14-27(16-18-11-7-4-8-12-18)22(28)19(21(20)25-23)15-17-9-5-3-6-10-17/h3-14H,15-16H2,1-2H3. The van der Waals surface area contributed by atoms with Crippen molar-refractivity contribution in [2.75, 3.05) is 19.0 Å². The van der Waals surface area contributed by atoms with E-state index in [0.29, 0.717) is 30.2 Å². The minimum atomic E-state index is -0.0343. The van der Waals surface area contributed by atoms with Crippen LogP contribution in [0.2, 0.25) is 0 Å². The Morgan fingerprint density at radius 2 is 1.50 bits per heavy atom. The number of benzene rings is 2. The lowest BCUT2D eigenvalue weighted by molar-refractivity contribution is 0.756. The molecule has 5 nitrogen and oxygen atoms in total. The molecule has 28 heavy (non-hydrogen) atoms. The third-order valence-corrected chi connectivity index (χ3v) is 4.71. The van der Waals surface area contributed by atoms with Gasteiger partial charge in [-0.3, -0.25) is 4.79 Å². The lowest BCUT2D eigenvalue weighted by Crippen LogP contribution is -2.22. The molecule has 2 aromatic rings. The van der Waals surface area contributed by atoms with Gasteiger partial charge in [0, 0.05) is 32.3 Å². The van der Waals surface area contributed by atoms with Gasteiger partial charge in [0.15, 0.2) is 0 Å². The van der Waals surface area contributed by atoms with E-state index in [4.69, 9.17) is 0 Å². The van der Waals surface area contributed by atoms with Crippen molar-refractivity contribution in [3.8, 4) is 11.4 Å². The van der Waals surface area contributed by atoms with Crippen LogP contribution in [0.1, 0.15) is 16.7 Å². The second kappa shape index (κ2) is 7.64. The van der Waals surface area contributed by atoms with Gasteiger partial charge < -0.3 is 9.47 Å². The minimum absolute atomic E-state index is 0.0343. The normalized spacial score (nSPS) is 10.9. The monoisotopic (exact) mass is 370 g/mol. The molecule has 0 aliphatic carbocycles. The van der Waals surface area contributed by atoms with Gasteiger partial charge in [0.05, 0.1) is 12.2 Å². The van der Waals surface area contributed by atoms with Crippen molar-refractivity contribution in [1.29, 1.82) is 0 Å². The summed E-state index contributed by atoms with van der Waals surface area (Å²) < 4.78 is 1.74. The highest BCUT2D eigenvalue weighted by Gasteiger charge is 2.19. The summed E-state index contributed by atoms with van der Waals surface area (Å²) in [7, 11) is 3.80. The largest absolute Gasteiger partial charge is 0.347 e. The summed E-state index contributed by atoms with van der Waals surface area (Å²) in [5.41, 5.74) is 4.20. The number of anilines is 1. The van der Waals surface area contributed by atoms with Gasteiger partial charge in [-0.05, 0) is 17.2 Å². The zero-order chi connectivity index (χ0) is 19.5. The molecule has 0 spiro atoms. The van der Waals surface area contributed by atoms with E-state index in [9.17, 15) is 4.79 Å². The van der Waals surface area contributed by atoms with E-state index in [1.54, 1.807) is 4.57 Å². The maximum atomic E-state index is 13.5. The average Bonchev–Trinajstić information content (AvgIpc) is 3.10. The van der Waals surface area contributed by atoms with Crippen LogP contribution in [0.25, 0.3) is 11.4 Å². The summed E-state index contributed by atoms with van der Waals surface area (Å²) >= 11 is 0. The van der Waals surface area contributed by atoms with E-state index in [1.807, 2.05) is 91.9 Å². The fraction of sp³-hybridized carbons (Fsp3) is 0.174. The van der Waals surface area contributed by atoms with Crippen LogP contribution in [0.5, 0.6) is 0 Å². The molecule has 0 unspecified atom stereocenters. The zero-order valence-corrected chi connectivity index (χ0v) is 16.0. The highest BCUT2D eigenvalue weighted by molar-refractivity contribution is 5.64. The van der Waals surface area contributed by atoms with Crippen molar-refractivity contribution in [2.45, 2.75) is 13.0 Å². The first-order valence-electron chi connectivity index (χ1n) is 9.27. The Kier molecular flexibility index (Phi) is 4.89. The van der Waals surface area contributed by atoms with E-state index in [0.717, 1.165) is 16.8 Å². The topological polar surface area (TPSA) is 51.0 Å². The van der Waals surface area contributed by atoms with Gasteiger partial charge in [-0.1, -0.05) is 60.7 Å². The molecule has 140 valence electrons. The predicted octanol–water partition coefficient (Wildman–Crippen LogP) is 3.45. The Labute approximate surface area is 164 Å². The Bertz CT molecular complexity index is 1100. The molecule has 0 atom stereocenters. The van der Waals surface area contributed by atoms with Crippen LogP contribution in [0.4, 0.5) is 5.95 Å². The SMILES string of the molecule is CN(C)c1nc2ccn(Cc3ccccc3)c(=O)c(Cc3ccccc3)c-2n1. The van der Waals surface area contributed by atoms with Crippen LogP contribution in [0, 0.1) is 0 Å². The van der Waals surface area contributed by atoms with Crippen molar-refractivity contribution >= 4 is 5.95 Å². The molecule has 0 N–H and O–H groups in total. The zero-order valence-electron chi connectivity index (χ0n) is 16.0. The summed E-state index contributed by atoms with van der Waals surface area (Å²) in [5, 5.41) is 0. The van der Waals surface area contributed by atoms with E-state index in [2.05, 4.69) is 9.97 Å². The molecule has 0 fully saturated rings. The molecule has 2 aliphatic heterocycles. The Morgan fingerprint density at radius 3 is 2.14 bits per heavy atom. The van der Waals surface area contributed by atoms with Gasteiger partial charge >= 0.3 is 0 Å². The summed E-state index contributed by atoms with van der Waals surface area (Å²) in [6, 6.07) is 21.9. The molecular weight excluding hydrogens is 348 g/mol. The first kappa shape index (κ1) is 17.9. The summed E-state index contributed by atoms with van der Waals surface area (Å²) in [6.07, 6.45) is 2.34. The quantitative estimate of drug-likeness (QED) is 0.540. The third-order valence-electron chi connectivity index (χ3n) is 4.71. The Balaban J connectivity index is 1.87. The molecule has 0 bridgehead atoms. The van der Waals surface area contributed by atoms with Crippen molar-refractivity contribution in [1.82, 2.24) is 14.5 Å². The number of aromatic nitrogens is 3. The number of imidazole rings is 1. The maximum Gasteiger partial charge on any atom is 0.256 e. The molecule has 0 saturated heterocycles. The lowest BCUT2D eigenvalue weighted by Gasteiger charge is -2.07. The Hall–Kier alpha value is -3.47. The van der Waals surface area contributed by atoms with E-state index >= 15 is 0 Å². The van der Waals surface area contributed by atoms with Crippen molar-refractivity contribution in [3.05, 3.63) is 100.0 Å². The van der Waals surface area contributed by atoms with E-state index < -0.39 is 0 Å². The smallest absolute Gasteiger partial charge is 0.256 e. The second-order valence-electron chi connectivity index (χ2n) is 7.03. The summed E-state index contributed by atoms with van der Waals surface area (Å²) in [6.45, 7) is 0.513. The molecule has 4 rings (SSSR count). The number of hydrogen-bond donors (Lipinski definition) is 0. The lowest BCUT2D eigenvalue weighted by atomic mass is 10.0. The van der Waals surface area contributed by atoms with Crippen LogP contribution >= 0.6 is 0 Å². The van der Waals surface area contributed by atoms with Crippen LogP contribution in [-0.2, 0) is 13.0 Å². The molecule has 0 radical (unpaired) electrons. The van der Waals surface area contributed by atoms with Gasteiger partial charge in [-0.2, -0.15) is 0 Å². The van der Waals surface area contributed by atoms with E-state index in [1.165, 1.54) is 0 Å². The molecule has 2 heterocycles. The van der Waals surface area contributed by atoms with Crippen LogP contribution < -0.4 is 10.5 Å². The summed E-state index contributed by atoms with van der Waals surface area (Å²) in [4.78, 5) is 24.6. The van der Waals surface area contributed by atoms with Crippen molar-refractivity contribution in [2.24, 2.45) is 0 Å². The molecule has 2 aromatic carbocycles. The van der Waals surface area contributed by atoms with Gasteiger partial charge in [0.2, 0.25) is 5.95 Å². The Morgan fingerprint density at radius 1 is 0.857 bits per heavy atom. The van der Waals surface area contributed by atoms with Gasteiger partial charge in [-0.15, -0.1) is 0 Å². The molecule has 0 aromatic heterocycles. The molecule has 2 aliphatic rings. The van der Waals surface area contributed by atoms with Gasteiger partial charge in [0.25, 0.3) is 5.56 Å². The molecule has 5 heteroatoms. The van der Waals surface area contributed by atoms with Crippen molar-refractivity contribution in [3.63, 3.8) is 0 Å². The highest BCUT2D eigenvalue weighted by atomic mass is 16.1. The highest BCUT2D eigenvalue weighted by Crippen LogP contribution is 2.25. The summed E-state index contributed by atoms with van der Waals surface area (Å²) in [5.74, 6) is 0.615. The van der Waals surface area contributed by atoms with Crippen molar-refractivity contribution < 1.29 is 0 Å². The predicted molar refractivity (Wildman–Crippen MR) is 112 cm³/mol. The molecular formula is C23H22N4O. The molecule has 0 saturated carbocycles. The number of fused-ring (bicyclic) bond motifs is 1. The minimum Gasteiger partial charge on any atom is -0.347 e. The fourth-order valence-corrected chi connectivity index (χ4v) is 3.25. The number of rotatable bonds is 5. The maximum absolute atomic E-state index is 13.5. The second-order valence-corrected chi connectivity index (χ2v) is 7.03. The van der Waals surface area contributed by atoms with E-state index in [-0.39, 0.29) is 5.56 Å². The van der Waals surface area contributed by atoms with Crippen LogP contribution in [-0.4, -0.2) is 28.6 Å². The molecule has 0 amide bonds.